The van der Waals surface area contributed by atoms with Gasteiger partial charge in [0.1, 0.15) is 13.2 Å². The van der Waals surface area contributed by atoms with Crippen molar-refractivity contribution in [3.63, 3.8) is 0 Å². The van der Waals surface area contributed by atoms with Crippen LogP contribution in [-0.4, -0.2) is 87.4 Å². The summed E-state index contributed by atoms with van der Waals surface area (Å²) in [7, 11) is 5.96. The van der Waals surface area contributed by atoms with Crippen LogP contribution in [0, 0.1) is 0 Å². The van der Waals surface area contributed by atoms with Crippen molar-refractivity contribution in [2.45, 2.75) is 296 Å². The lowest BCUT2D eigenvalue weighted by Crippen LogP contribution is -2.40. The van der Waals surface area contributed by atoms with Gasteiger partial charge in [-0.2, -0.15) is 0 Å². The number of esters is 2. The maximum Gasteiger partial charge on any atom is 0.361 e. The number of carbonyl (C=O) groups excluding carboxylic acids is 2. The molecule has 0 saturated heterocycles. The molecule has 9 nitrogen and oxygen atoms in total. The highest BCUT2D eigenvalue weighted by atomic mass is 16.7. The maximum atomic E-state index is 12.9. The van der Waals surface area contributed by atoms with Gasteiger partial charge in [0.05, 0.1) is 34.4 Å². The molecule has 2 atom stereocenters. The summed E-state index contributed by atoms with van der Waals surface area (Å²) in [6.07, 6.45) is 98.4. The highest BCUT2D eigenvalue weighted by Gasteiger charge is 2.25. The van der Waals surface area contributed by atoms with Crippen LogP contribution in [0.2, 0.25) is 0 Å². The first kappa shape index (κ1) is 84.2. The molecule has 0 spiro atoms. The fraction of sp³-hybridized carbons (Fsp3) is 0.662. The van der Waals surface area contributed by atoms with Gasteiger partial charge in [0, 0.05) is 12.8 Å². The second kappa shape index (κ2) is 69.1. The van der Waals surface area contributed by atoms with E-state index in [1.165, 1.54) is 135 Å². The molecule has 0 saturated carbocycles. The molecule has 0 aromatic carbocycles. The normalized spacial score (nSPS) is 13.6. The van der Waals surface area contributed by atoms with Crippen LogP contribution in [0.4, 0.5) is 0 Å². The molecule has 89 heavy (non-hydrogen) atoms. The number of carboxylic acids is 1. The van der Waals surface area contributed by atoms with Gasteiger partial charge in [-0.1, -0.05) is 301 Å². The third kappa shape index (κ3) is 70.5. The SMILES string of the molecule is CC/C=C\C/C=C\C/C=C\C/C=C\C/C=C\C/C=C\C/C=C\CCCCCC(=O)OC(COC(=O)CCCCCCCCCCCCCCCCCCCCCCCCC/C=C\C/C=C\C/C=C\C/C=C\C/C=C\CC)COC(OCC[N+](C)(C)C)C(=O)O. The number of likely N-dealkylation sites (N-methyl/N-ethyl adjacent to an activating group) is 1. The molecule has 0 aliphatic carbocycles. The van der Waals surface area contributed by atoms with E-state index >= 15 is 0 Å². The average Bonchev–Trinajstić information content (AvgIpc) is 3.64. The van der Waals surface area contributed by atoms with Crippen molar-refractivity contribution < 1.29 is 42.9 Å². The number of carboxylic acid groups (broad SMARTS) is 1. The fourth-order valence-electron chi connectivity index (χ4n) is 9.67. The van der Waals surface area contributed by atoms with E-state index in [0.717, 1.165) is 116 Å². The first-order chi connectivity index (χ1) is 43.6. The minimum Gasteiger partial charge on any atom is -0.477 e. The fourth-order valence-corrected chi connectivity index (χ4v) is 9.67. The van der Waals surface area contributed by atoms with Crippen molar-refractivity contribution in [3.05, 3.63) is 146 Å². The van der Waals surface area contributed by atoms with E-state index in [0.29, 0.717) is 17.4 Å². The molecule has 0 aromatic rings. The molecule has 0 aliphatic heterocycles. The van der Waals surface area contributed by atoms with Crippen LogP contribution in [-0.2, 0) is 33.3 Å². The van der Waals surface area contributed by atoms with Crippen LogP contribution in [0.15, 0.2) is 146 Å². The summed E-state index contributed by atoms with van der Waals surface area (Å²) >= 11 is 0. The van der Waals surface area contributed by atoms with Crippen LogP contribution >= 0.6 is 0 Å². The van der Waals surface area contributed by atoms with Crippen molar-refractivity contribution in [1.82, 2.24) is 0 Å². The molecule has 506 valence electrons. The molecule has 9 heteroatoms. The van der Waals surface area contributed by atoms with Crippen LogP contribution < -0.4 is 0 Å². The summed E-state index contributed by atoms with van der Waals surface area (Å²) in [5.74, 6) is -2.05. The van der Waals surface area contributed by atoms with E-state index in [2.05, 4.69) is 160 Å². The molecule has 0 heterocycles. The van der Waals surface area contributed by atoms with Crippen molar-refractivity contribution in [1.29, 1.82) is 0 Å². The number of allylic oxidation sites excluding steroid dienone is 24. The first-order valence-corrected chi connectivity index (χ1v) is 36.0. The van der Waals surface area contributed by atoms with Gasteiger partial charge in [-0.05, 0) is 116 Å². The van der Waals surface area contributed by atoms with E-state index in [1.807, 2.05) is 21.1 Å². The Morgan fingerprint density at radius 1 is 0.337 bits per heavy atom. The van der Waals surface area contributed by atoms with Gasteiger partial charge in [-0.25, -0.2) is 4.79 Å². The van der Waals surface area contributed by atoms with Crippen LogP contribution in [0.1, 0.15) is 284 Å². The van der Waals surface area contributed by atoms with Crippen molar-refractivity contribution in [2.24, 2.45) is 0 Å². The number of rotatable bonds is 65. The van der Waals surface area contributed by atoms with Crippen LogP contribution in [0.3, 0.4) is 0 Å². The van der Waals surface area contributed by atoms with Gasteiger partial charge in [-0.3, -0.25) is 9.59 Å². The topological polar surface area (TPSA) is 108 Å². The van der Waals surface area contributed by atoms with E-state index < -0.39 is 24.3 Å². The van der Waals surface area contributed by atoms with Crippen molar-refractivity contribution in [2.75, 3.05) is 47.5 Å². The Morgan fingerprint density at radius 2 is 0.607 bits per heavy atom. The lowest BCUT2D eigenvalue weighted by molar-refractivity contribution is -0.870. The number of unbranched alkanes of at least 4 members (excludes halogenated alkanes) is 26. The van der Waals surface area contributed by atoms with Crippen molar-refractivity contribution >= 4 is 17.9 Å². The molecule has 0 rings (SSSR count). The minimum absolute atomic E-state index is 0.175. The lowest BCUT2D eigenvalue weighted by Gasteiger charge is -2.25. The Morgan fingerprint density at radius 3 is 0.910 bits per heavy atom. The third-order valence-electron chi connectivity index (χ3n) is 15.1. The van der Waals surface area contributed by atoms with Gasteiger partial charge < -0.3 is 28.5 Å². The smallest absolute Gasteiger partial charge is 0.361 e. The van der Waals surface area contributed by atoms with E-state index in [1.54, 1.807) is 0 Å². The lowest BCUT2D eigenvalue weighted by atomic mass is 10.0. The maximum absolute atomic E-state index is 12.9. The quantitative estimate of drug-likeness (QED) is 0.0211. The largest absolute Gasteiger partial charge is 0.477 e. The second-order valence-electron chi connectivity index (χ2n) is 24.8. The zero-order valence-corrected chi connectivity index (χ0v) is 57.8. The average molecular weight is 1240 g/mol. The number of carbonyl (C=O) groups is 3. The van der Waals surface area contributed by atoms with E-state index in [-0.39, 0.29) is 38.6 Å². The van der Waals surface area contributed by atoms with Gasteiger partial charge in [0.2, 0.25) is 0 Å². The van der Waals surface area contributed by atoms with Gasteiger partial charge >= 0.3 is 17.9 Å². The number of nitrogens with zero attached hydrogens (tertiary/aromatic N) is 1. The molecule has 0 amide bonds. The van der Waals surface area contributed by atoms with Crippen LogP contribution in [0.25, 0.3) is 0 Å². The number of hydrogen-bond acceptors (Lipinski definition) is 7. The predicted molar refractivity (Wildman–Crippen MR) is 382 cm³/mol. The summed E-state index contributed by atoms with van der Waals surface area (Å²) in [6, 6.07) is 0. The molecule has 0 radical (unpaired) electrons. The summed E-state index contributed by atoms with van der Waals surface area (Å²) in [4.78, 5) is 37.6. The Bertz CT molecular complexity index is 1970. The Balaban J connectivity index is 4.09. The van der Waals surface area contributed by atoms with Gasteiger partial charge in [-0.15, -0.1) is 0 Å². The molecule has 0 bridgehead atoms. The molecule has 0 aromatic heterocycles. The van der Waals surface area contributed by atoms with E-state index in [4.69, 9.17) is 18.9 Å². The molecule has 2 unspecified atom stereocenters. The van der Waals surface area contributed by atoms with E-state index in [9.17, 15) is 19.5 Å². The Labute approximate surface area is 547 Å². The molecule has 1 N–H and O–H groups in total. The second-order valence-corrected chi connectivity index (χ2v) is 24.8. The zero-order valence-electron chi connectivity index (χ0n) is 57.8. The standard InChI is InChI=1S/C80H133NO8/c1-6-8-10-12-14-16-18-20-22-24-26-28-30-32-33-34-35-36-37-38-39-40-41-42-43-44-45-47-48-50-52-54-56-58-60-62-64-66-68-70-77(82)87-74-76(75-88-80(79(84)85)86-73-72-81(3,4)5)89-78(83)71-69-67-65-63-61-59-57-55-53-51-49-46-31-29-27-25-23-21-19-17-15-13-11-9-7-2/h8-11,14-17,20-23,26-29,32-33,46,49,53,55,59,61,76,80H,6-7,12-13,18-19,24-25,30-31,34-45,47-48,50-52,54,56-58,60,62-75H2,1-5H3/p+1/b10-8-,11-9-,16-14-,17-15-,22-20-,23-21-,28-26-,29-27-,33-32-,49-46-,55-53-,61-59-. The molecule has 0 fully saturated rings. The Hall–Kier alpha value is -4.83. The number of hydrogen-bond donors (Lipinski definition) is 1. The highest BCUT2D eigenvalue weighted by Crippen LogP contribution is 2.17. The predicted octanol–water partition coefficient (Wildman–Crippen LogP) is 22.7. The Kier molecular flexibility index (Phi) is 65.3. The number of quaternary nitrogens is 1. The summed E-state index contributed by atoms with van der Waals surface area (Å²) in [5.41, 5.74) is 0. The zero-order chi connectivity index (χ0) is 64.7. The molecular weight excluding hydrogens is 1100 g/mol. The summed E-state index contributed by atoms with van der Waals surface area (Å²) in [5, 5.41) is 9.74. The number of aliphatic carboxylic acids is 1. The monoisotopic (exact) mass is 1240 g/mol. The van der Waals surface area contributed by atoms with Crippen molar-refractivity contribution in [3.8, 4) is 0 Å². The summed E-state index contributed by atoms with van der Waals surface area (Å²) in [6.45, 7) is 4.62. The highest BCUT2D eigenvalue weighted by molar-refractivity contribution is 5.71. The van der Waals surface area contributed by atoms with Gasteiger partial charge in [0.25, 0.3) is 6.29 Å². The summed E-state index contributed by atoms with van der Waals surface area (Å²) < 4.78 is 22.9. The first-order valence-electron chi connectivity index (χ1n) is 36.0. The third-order valence-corrected chi connectivity index (χ3v) is 15.1. The van der Waals surface area contributed by atoms with Gasteiger partial charge in [0.15, 0.2) is 6.10 Å². The van der Waals surface area contributed by atoms with Crippen LogP contribution in [0.5, 0.6) is 0 Å². The number of ether oxygens (including phenoxy) is 4. The molecule has 0 aliphatic rings. The molecular formula is C80H134NO8+. The minimum atomic E-state index is -1.53.